The van der Waals surface area contributed by atoms with Crippen molar-refractivity contribution in [3.05, 3.63) is 100 Å². The van der Waals surface area contributed by atoms with Crippen LogP contribution in [0.25, 0.3) is 0 Å². The predicted molar refractivity (Wildman–Crippen MR) is 140 cm³/mol. The summed E-state index contributed by atoms with van der Waals surface area (Å²) in [6.07, 6.45) is 4.01. The number of hydrogen-bond donors (Lipinski definition) is 0. The number of benzene rings is 3. The highest BCUT2D eigenvalue weighted by Gasteiger charge is 2.38. The molecule has 4 rings (SSSR count). The zero-order valence-electron chi connectivity index (χ0n) is 19.3. The molecule has 1 heterocycles. The van der Waals surface area contributed by atoms with E-state index in [-0.39, 0.29) is 0 Å². The van der Waals surface area contributed by atoms with Crippen LogP contribution < -0.4 is 4.74 Å². The Morgan fingerprint density at radius 2 is 1.53 bits per heavy atom. The fraction of sp³-hybridized carbons (Fsp3) is 0.345. The average Bonchev–Trinajstić information content (AvgIpc) is 2.88. The molecule has 3 aromatic rings. The summed E-state index contributed by atoms with van der Waals surface area (Å²) in [5, 5.41) is 11.6. The number of hydrogen-bond acceptors (Lipinski definition) is 3. The summed E-state index contributed by atoms with van der Waals surface area (Å²) in [5.41, 5.74) is 1.51. The molecule has 1 saturated heterocycles. The highest BCUT2D eigenvalue weighted by molar-refractivity contribution is 6.37. The first kappa shape index (κ1) is 24.6. The summed E-state index contributed by atoms with van der Waals surface area (Å²) in [7, 11) is 0. The van der Waals surface area contributed by atoms with Crippen LogP contribution in [0, 0.1) is 17.2 Å². The molecule has 0 aliphatic carbocycles. The Kier molecular flexibility index (Phi) is 8.51. The maximum atomic E-state index is 10.5. The lowest BCUT2D eigenvalue weighted by Crippen LogP contribution is -2.40. The highest BCUT2D eigenvalue weighted by atomic mass is 35.5. The van der Waals surface area contributed by atoms with Gasteiger partial charge in [-0.25, -0.2) is 0 Å². The summed E-state index contributed by atoms with van der Waals surface area (Å²) in [6.45, 7) is 3.60. The van der Waals surface area contributed by atoms with Crippen LogP contribution in [0.1, 0.15) is 36.8 Å². The van der Waals surface area contributed by atoms with Crippen LogP contribution >= 0.6 is 23.2 Å². The topological polar surface area (TPSA) is 36.3 Å². The Morgan fingerprint density at radius 3 is 2.12 bits per heavy atom. The molecule has 0 N–H and O–H groups in total. The molecule has 1 unspecified atom stereocenters. The lowest BCUT2D eigenvalue weighted by atomic mass is 9.69. The van der Waals surface area contributed by atoms with E-state index in [9.17, 15) is 5.26 Å². The fourth-order valence-electron chi connectivity index (χ4n) is 5.06. The van der Waals surface area contributed by atoms with Gasteiger partial charge in [0.25, 0.3) is 0 Å². The number of para-hydroxylation sites is 1. The van der Waals surface area contributed by atoms with E-state index in [1.165, 1.54) is 0 Å². The minimum atomic E-state index is -0.639. The molecule has 3 aromatic carbocycles. The first-order chi connectivity index (χ1) is 16.6. The molecular weight excluding hydrogens is 463 g/mol. The second kappa shape index (κ2) is 11.8. The molecular formula is C29H30Cl2N2O. The van der Waals surface area contributed by atoms with E-state index >= 15 is 0 Å². The number of likely N-dealkylation sites (tertiary alicyclic amines) is 1. The lowest BCUT2D eigenvalue weighted by molar-refractivity contribution is 0.150. The van der Waals surface area contributed by atoms with E-state index in [0.29, 0.717) is 28.3 Å². The molecule has 0 spiro atoms. The molecule has 0 aromatic heterocycles. The fourth-order valence-corrected chi connectivity index (χ4v) is 5.57. The first-order valence-electron chi connectivity index (χ1n) is 11.9. The van der Waals surface area contributed by atoms with Crippen molar-refractivity contribution in [3.8, 4) is 11.8 Å². The van der Waals surface area contributed by atoms with Crippen LogP contribution in [0.2, 0.25) is 10.0 Å². The van der Waals surface area contributed by atoms with E-state index in [0.717, 1.165) is 56.4 Å². The standard InChI is InChI=1S/C29H30Cl2N2O/c30-26-15-7-16-27(31)28(26)34-19-9-18-33-17-8-10-23(21-33)20-29(22-32,24-11-3-1-4-12-24)25-13-5-2-6-14-25/h1-7,11-16,23H,8-10,17-21H2. The predicted octanol–water partition coefficient (Wildman–Crippen LogP) is 7.37. The molecule has 3 nitrogen and oxygen atoms in total. The molecule has 0 amide bonds. The van der Waals surface area contributed by atoms with Gasteiger partial charge in [0.15, 0.2) is 5.75 Å². The highest BCUT2D eigenvalue weighted by Crippen LogP contribution is 2.40. The van der Waals surface area contributed by atoms with Gasteiger partial charge in [-0.05, 0) is 61.4 Å². The Bertz CT molecular complexity index is 1040. The smallest absolute Gasteiger partial charge is 0.156 e. The van der Waals surface area contributed by atoms with Crippen LogP contribution in [0.15, 0.2) is 78.9 Å². The van der Waals surface area contributed by atoms with Gasteiger partial charge in [0.2, 0.25) is 0 Å². The third kappa shape index (κ3) is 5.76. The van der Waals surface area contributed by atoms with E-state index in [4.69, 9.17) is 27.9 Å². The van der Waals surface area contributed by atoms with Crippen LogP contribution in [0.5, 0.6) is 5.75 Å². The summed E-state index contributed by atoms with van der Waals surface area (Å²) in [5.74, 6) is 1.01. The Balaban J connectivity index is 1.40. The quantitative estimate of drug-likeness (QED) is 0.292. The van der Waals surface area contributed by atoms with Crippen LogP contribution in [0.4, 0.5) is 0 Å². The number of ether oxygens (including phenoxy) is 1. The molecule has 1 fully saturated rings. The molecule has 0 radical (unpaired) electrons. The number of halogens is 2. The average molecular weight is 493 g/mol. The van der Waals surface area contributed by atoms with Gasteiger partial charge in [-0.3, -0.25) is 0 Å². The Hall–Kier alpha value is -2.51. The van der Waals surface area contributed by atoms with Crippen LogP contribution in [0.3, 0.4) is 0 Å². The van der Waals surface area contributed by atoms with Crippen LogP contribution in [-0.2, 0) is 5.41 Å². The molecule has 1 aliphatic heterocycles. The number of piperidine rings is 1. The molecule has 0 bridgehead atoms. The van der Waals surface area contributed by atoms with Gasteiger partial charge in [-0.15, -0.1) is 0 Å². The number of rotatable bonds is 9. The maximum Gasteiger partial charge on any atom is 0.156 e. The second-order valence-electron chi connectivity index (χ2n) is 9.01. The first-order valence-corrected chi connectivity index (χ1v) is 12.7. The third-order valence-corrected chi connectivity index (χ3v) is 7.30. The zero-order valence-corrected chi connectivity index (χ0v) is 20.8. The van der Waals surface area contributed by atoms with Crippen molar-refractivity contribution in [1.82, 2.24) is 4.90 Å². The van der Waals surface area contributed by atoms with Crippen LogP contribution in [-0.4, -0.2) is 31.1 Å². The largest absolute Gasteiger partial charge is 0.490 e. The summed E-state index contributed by atoms with van der Waals surface area (Å²) < 4.78 is 5.87. The molecule has 176 valence electrons. The maximum absolute atomic E-state index is 10.5. The monoisotopic (exact) mass is 492 g/mol. The molecule has 5 heteroatoms. The van der Waals surface area contributed by atoms with Gasteiger partial charge >= 0.3 is 0 Å². The van der Waals surface area contributed by atoms with Crippen molar-refractivity contribution in [2.45, 2.75) is 31.1 Å². The van der Waals surface area contributed by atoms with Gasteiger partial charge in [0.1, 0.15) is 5.41 Å². The van der Waals surface area contributed by atoms with Crippen molar-refractivity contribution in [2.24, 2.45) is 5.92 Å². The summed E-state index contributed by atoms with van der Waals surface area (Å²) in [4.78, 5) is 2.50. The molecule has 34 heavy (non-hydrogen) atoms. The summed E-state index contributed by atoms with van der Waals surface area (Å²) in [6, 6.07) is 28.6. The second-order valence-corrected chi connectivity index (χ2v) is 9.83. The van der Waals surface area contributed by atoms with Gasteiger partial charge in [0, 0.05) is 13.1 Å². The Labute approximate surface area is 212 Å². The molecule has 0 saturated carbocycles. The number of nitriles is 1. The van der Waals surface area contributed by atoms with Gasteiger partial charge in [-0.2, -0.15) is 5.26 Å². The van der Waals surface area contributed by atoms with Crippen molar-refractivity contribution >= 4 is 23.2 Å². The van der Waals surface area contributed by atoms with Crippen molar-refractivity contribution < 1.29 is 4.74 Å². The minimum absolute atomic E-state index is 0.452. The lowest BCUT2D eigenvalue weighted by Gasteiger charge is -2.37. The third-order valence-electron chi connectivity index (χ3n) is 6.71. The zero-order chi connectivity index (χ0) is 23.8. The van der Waals surface area contributed by atoms with E-state index in [1.807, 2.05) is 42.5 Å². The van der Waals surface area contributed by atoms with E-state index in [1.54, 1.807) is 12.1 Å². The molecule has 1 aliphatic rings. The van der Waals surface area contributed by atoms with Gasteiger partial charge in [0.05, 0.1) is 22.7 Å². The van der Waals surface area contributed by atoms with Crippen molar-refractivity contribution in [2.75, 3.05) is 26.2 Å². The SMILES string of the molecule is N#CC(CC1CCCN(CCCOc2c(Cl)cccc2Cl)C1)(c1ccccc1)c1ccccc1. The van der Waals surface area contributed by atoms with Gasteiger partial charge in [-0.1, -0.05) is 89.9 Å². The Morgan fingerprint density at radius 1 is 0.912 bits per heavy atom. The van der Waals surface area contributed by atoms with E-state index in [2.05, 4.69) is 35.2 Å². The van der Waals surface area contributed by atoms with Gasteiger partial charge < -0.3 is 9.64 Å². The molecule has 1 atom stereocenters. The van der Waals surface area contributed by atoms with Crippen molar-refractivity contribution in [1.29, 1.82) is 5.26 Å². The number of nitrogens with zero attached hydrogens (tertiary/aromatic N) is 2. The van der Waals surface area contributed by atoms with E-state index < -0.39 is 5.41 Å². The van der Waals surface area contributed by atoms with Crippen molar-refractivity contribution in [3.63, 3.8) is 0 Å². The normalized spacial score (nSPS) is 16.7. The minimum Gasteiger partial charge on any atom is -0.490 e. The summed E-state index contributed by atoms with van der Waals surface area (Å²) >= 11 is 12.4.